The number of thiophene rings is 1. The summed E-state index contributed by atoms with van der Waals surface area (Å²) in [5.74, 6) is 0.882. The first-order valence-corrected chi connectivity index (χ1v) is 8.38. The normalized spacial score (nSPS) is 18.6. The molecule has 2 heterocycles. The summed E-state index contributed by atoms with van der Waals surface area (Å²) in [6, 6.07) is 12.2. The molecule has 2 unspecified atom stereocenters. The van der Waals surface area contributed by atoms with Crippen molar-refractivity contribution in [2.24, 2.45) is 0 Å². The smallest absolute Gasteiger partial charge is 0.142 e. The van der Waals surface area contributed by atoms with Crippen molar-refractivity contribution in [1.29, 1.82) is 0 Å². The van der Waals surface area contributed by atoms with Crippen molar-refractivity contribution < 1.29 is 14.6 Å². The summed E-state index contributed by atoms with van der Waals surface area (Å²) in [4.78, 5) is 3.37. The van der Waals surface area contributed by atoms with Gasteiger partial charge in [0.15, 0.2) is 0 Å². The molecule has 0 aliphatic carbocycles. The van der Waals surface area contributed by atoms with Crippen LogP contribution in [-0.4, -0.2) is 37.0 Å². The van der Waals surface area contributed by atoms with Gasteiger partial charge in [0.25, 0.3) is 0 Å². The molecule has 4 nitrogen and oxygen atoms in total. The van der Waals surface area contributed by atoms with Crippen molar-refractivity contribution in [1.82, 2.24) is 0 Å². The van der Waals surface area contributed by atoms with E-state index in [1.54, 1.807) is 11.3 Å². The van der Waals surface area contributed by atoms with Gasteiger partial charge in [-0.25, -0.2) is 0 Å². The Hall–Kier alpha value is -1.56. The number of hydrogen-bond donors (Lipinski definition) is 1. The molecular weight excluding hydrogens is 298 g/mol. The van der Waals surface area contributed by atoms with Crippen LogP contribution in [0.2, 0.25) is 0 Å². The predicted octanol–water partition coefficient (Wildman–Crippen LogP) is 2.91. The maximum Gasteiger partial charge on any atom is 0.142 e. The molecule has 2 aromatic rings. The number of aliphatic hydroxyl groups is 1. The van der Waals surface area contributed by atoms with Crippen LogP contribution in [0.4, 0.5) is 5.69 Å². The van der Waals surface area contributed by atoms with E-state index in [4.69, 9.17) is 9.47 Å². The lowest BCUT2D eigenvalue weighted by atomic mass is 10.1. The highest BCUT2D eigenvalue weighted by atomic mass is 32.1. The van der Waals surface area contributed by atoms with Crippen LogP contribution >= 0.6 is 11.3 Å². The maximum absolute atomic E-state index is 10.3. The molecule has 22 heavy (non-hydrogen) atoms. The van der Waals surface area contributed by atoms with E-state index in [2.05, 4.69) is 11.8 Å². The van der Waals surface area contributed by atoms with Gasteiger partial charge in [-0.1, -0.05) is 18.2 Å². The Kier molecular flexibility index (Phi) is 4.97. The number of rotatable bonds is 6. The highest BCUT2D eigenvalue weighted by Gasteiger charge is 2.25. The molecular formula is C17H21NO3S. The Labute approximate surface area is 134 Å². The summed E-state index contributed by atoms with van der Waals surface area (Å²) in [7, 11) is 0. The highest BCUT2D eigenvalue weighted by molar-refractivity contribution is 7.09. The van der Waals surface area contributed by atoms with Crippen LogP contribution < -0.4 is 9.64 Å². The molecule has 0 radical (unpaired) electrons. The van der Waals surface area contributed by atoms with Gasteiger partial charge in [0.1, 0.15) is 12.4 Å². The molecule has 0 amide bonds. The molecule has 1 aliphatic heterocycles. The summed E-state index contributed by atoms with van der Waals surface area (Å²) < 4.78 is 11.3. The third kappa shape index (κ3) is 3.61. The standard InChI is InChI=1S/C17H21NO3S/c1-13-10-21-17-7-3-2-6-16(17)18(13)9-14(19)11-20-12-15-5-4-8-22-15/h2-8,13-14,19H,9-12H2,1H3. The summed E-state index contributed by atoms with van der Waals surface area (Å²) >= 11 is 1.67. The minimum atomic E-state index is -0.520. The van der Waals surface area contributed by atoms with E-state index in [-0.39, 0.29) is 6.04 Å². The second-order valence-electron chi connectivity index (χ2n) is 5.53. The number of anilines is 1. The molecule has 2 atom stereocenters. The number of ether oxygens (including phenoxy) is 2. The lowest BCUT2D eigenvalue weighted by Gasteiger charge is -2.37. The zero-order valence-corrected chi connectivity index (χ0v) is 13.5. The predicted molar refractivity (Wildman–Crippen MR) is 88.7 cm³/mol. The van der Waals surface area contributed by atoms with E-state index in [1.807, 2.05) is 41.8 Å². The molecule has 0 spiro atoms. The first kappa shape index (κ1) is 15.3. The Balaban J connectivity index is 1.55. The number of fused-ring (bicyclic) bond motifs is 1. The Morgan fingerprint density at radius 2 is 2.23 bits per heavy atom. The molecule has 3 rings (SSSR count). The summed E-state index contributed by atoms with van der Waals surface area (Å²) in [5, 5.41) is 12.3. The third-order valence-corrected chi connectivity index (χ3v) is 4.58. The Morgan fingerprint density at radius 1 is 1.36 bits per heavy atom. The van der Waals surface area contributed by atoms with Crippen LogP contribution in [0.5, 0.6) is 5.75 Å². The van der Waals surface area contributed by atoms with E-state index >= 15 is 0 Å². The average Bonchev–Trinajstić information content (AvgIpc) is 3.03. The minimum absolute atomic E-state index is 0.238. The number of aliphatic hydroxyl groups excluding tert-OH is 1. The van der Waals surface area contributed by atoms with Crippen molar-refractivity contribution in [3.63, 3.8) is 0 Å². The zero-order chi connectivity index (χ0) is 15.4. The fraction of sp³-hybridized carbons (Fsp3) is 0.412. The molecule has 0 saturated carbocycles. The number of hydrogen-bond acceptors (Lipinski definition) is 5. The van der Waals surface area contributed by atoms with Crippen LogP contribution in [0, 0.1) is 0 Å². The fourth-order valence-corrected chi connectivity index (χ4v) is 3.24. The van der Waals surface area contributed by atoms with Gasteiger partial charge in [-0.2, -0.15) is 0 Å². The summed E-state index contributed by atoms with van der Waals surface area (Å²) in [6.07, 6.45) is -0.520. The lowest BCUT2D eigenvalue weighted by molar-refractivity contribution is 0.0314. The SMILES string of the molecule is CC1COc2ccccc2N1CC(O)COCc1cccs1. The monoisotopic (exact) mass is 319 g/mol. The quantitative estimate of drug-likeness (QED) is 0.889. The number of nitrogens with zero attached hydrogens (tertiary/aromatic N) is 1. The van der Waals surface area contributed by atoms with E-state index < -0.39 is 6.10 Å². The lowest BCUT2D eigenvalue weighted by Crippen LogP contribution is -2.45. The average molecular weight is 319 g/mol. The van der Waals surface area contributed by atoms with Gasteiger partial charge >= 0.3 is 0 Å². The first-order valence-electron chi connectivity index (χ1n) is 7.50. The van der Waals surface area contributed by atoms with Crippen molar-refractivity contribution in [3.8, 4) is 5.75 Å². The minimum Gasteiger partial charge on any atom is -0.489 e. The third-order valence-electron chi connectivity index (χ3n) is 3.73. The second-order valence-corrected chi connectivity index (χ2v) is 6.56. The fourth-order valence-electron chi connectivity index (χ4n) is 2.60. The molecule has 1 N–H and O–H groups in total. The van der Waals surface area contributed by atoms with Gasteiger partial charge in [-0.05, 0) is 30.5 Å². The van der Waals surface area contributed by atoms with Gasteiger partial charge in [0, 0.05) is 11.4 Å². The molecule has 0 saturated heterocycles. The van der Waals surface area contributed by atoms with E-state index in [0.29, 0.717) is 26.4 Å². The number of β-amino-alcohol motifs (C(OH)–C–C–N with tert-alkyl or cyclic N) is 1. The van der Waals surface area contributed by atoms with Crippen LogP contribution in [0.25, 0.3) is 0 Å². The largest absolute Gasteiger partial charge is 0.489 e. The molecule has 1 aromatic carbocycles. The summed E-state index contributed by atoms with van der Waals surface area (Å²) in [6.45, 7) is 4.19. The van der Waals surface area contributed by atoms with Crippen molar-refractivity contribution in [2.75, 3.05) is 24.7 Å². The van der Waals surface area contributed by atoms with E-state index in [9.17, 15) is 5.11 Å². The van der Waals surface area contributed by atoms with Gasteiger partial charge < -0.3 is 19.5 Å². The van der Waals surface area contributed by atoms with Crippen molar-refractivity contribution in [2.45, 2.75) is 25.7 Å². The van der Waals surface area contributed by atoms with Crippen molar-refractivity contribution >= 4 is 17.0 Å². The first-order chi connectivity index (χ1) is 10.7. The number of benzene rings is 1. The van der Waals surface area contributed by atoms with Crippen molar-refractivity contribution in [3.05, 3.63) is 46.7 Å². The van der Waals surface area contributed by atoms with Crippen LogP contribution in [0.1, 0.15) is 11.8 Å². The molecule has 1 aromatic heterocycles. The Morgan fingerprint density at radius 3 is 3.05 bits per heavy atom. The highest BCUT2D eigenvalue weighted by Crippen LogP contribution is 2.33. The van der Waals surface area contributed by atoms with Gasteiger partial charge in [-0.3, -0.25) is 0 Å². The molecule has 118 valence electrons. The van der Waals surface area contributed by atoms with E-state index in [1.165, 1.54) is 4.88 Å². The van der Waals surface area contributed by atoms with Crippen LogP contribution in [0.15, 0.2) is 41.8 Å². The zero-order valence-electron chi connectivity index (χ0n) is 12.6. The van der Waals surface area contributed by atoms with Crippen LogP contribution in [0.3, 0.4) is 0 Å². The van der Waals surface area contributed by atoms with Gasteiger partial charge in [0.05, 0.1) is 31.0 Å². The maximum atomic E-state index is 10.3. The topological polar surface area (TPSA) is 41.9 Å². The molecule has 1 aliphatic rings. The molecule has 0 fully saturated rings. The van der Waals surface area contributed by atoms with Crippen LogP contribution in [-0.2, 0) is 11.3 Å². The second kappa shape index (κ2) is 7.13. The number of para-hydroxylation sites is 2. The van der Waals surface area contributed by atoms with E-state index in [0.717, 1.165) is 11.4 Å². The molecule has 5 heteroatoms. The summed E-state index contributed by atoms with van der Waals surface area (Å²) in [5.41, 5.74) is 1.04. The Bertz CT molecular complexity index is 587. The van der Waals surface area contributed by atoms with Gasteiger partial charge in [0.2, 0.25) is 0 Å². The van der Waals surface area contributed by atoms with Gasteiger partial charge in [-0.15, -0.1) is 11.3 Å². The molecule has 0 bridgehead atoms.